The highest BCUT2D eigenvalue weighted by atomic mass is 35.5. The van der Waals surface area contributed by atoms with E-state index in [1.807, 2.05) is 30.9 Å². The topological polar surface area (TPSA) is 53.9 Å². The Morgan fingerprint density at radius 1 is 1.31 bits per heavy atom. The molecule has 0 fully saturated rings. The van der Waals surface area contributed by atoms with Crippen LogP contribution in [0.15, 0.2) is 16.8 Å². The summed E-state index contributed by atoms with van der Waals surface area (Å²) in [5, 5.41) is 7.17. The summed E-state index contributed by atoms with van der Waals surface area (Å²) in [6.45, 7) is 0. The number of nitrogens with zero attached hydrogens (tertiary/aromatic N) is 4. The molecular weight excluding hydrogens is 246 g/mol. The van der Waals surface area contributed by atoms with Crippen molar-refractivity contribution in [3.05, 3.63) is 22.1 Å². The van der Waals surface area contributed by atoms with Crippen LogP contribution in [0, 0.1) is 0 Å². The normalized spacial score (nSPS) is 10.2. The van der Waals surface area contributed by atoms with Gasteiger partial charge in [0.2, 0.25) is 17.2 Å². The fourth-order valence-electron chi connectivity index (χ4n) is 1.06. The number of anilines is 3. The van der Waals surface area contributed by atoms with Crippen molar-refractivity contribution in [1.82, 2.24) is 15.0 Å². The first kappa shape index (κ1) is 11.1. The summed E-state index contributed by atoms with van der Waals surface area (Å²) in [7, 11) is 3.69. The van der Waals surface area contributed by atoms with Crippen molar-refractivity contribution in [3.8, 4) is 0 Å². The van der Waals surface area contributed by atoms with Gasteiger partial charge in [0.25, 0.3) is 0 Å². The predicted octanol–water partition coefficient (Wildman–Crippen LogP) is 2.40. The molecule has 16 heavy (non-hydrogen) atoms. The van der Waals surface area contributed by atoms with E-state index >= 15 is 0 Å². The smallest absolute Gasteiger partial charge is 0.233 e. The zero-order chi connectivity index (χ0) is 11.5. The van der Waals surface area contributed by atoms with Gasteiger partial charge in [-0.25, -0.2) is 0 Å². The van der Waals surface area contributed by atoms with Crippen molar-refractivity contribution >= 4 is 40.5 Å². The summed E-state index contributed by atoms with van der Waals surface area (Å²) < 4.78 is 0. The summed E-state index contributed by atoms with van der Waals surface area (Å²) in [5.74, 6) is 0.972. The van der Waals surface area contributed by atoms with Gasteiger partial charge in [-0.05, 0) is 23.0 Å². The van der Waals surface area contributed by atoms with Crippen molar-refractivity contribution in [1.29, 1.82) is 0 Å². The molecule has 0 bridgehead atoms. The summed E-state index contributed by atoms with van der Waals surface area (Å²) >= 11 is 7.40. The molecule has 0 radical (unpaired) electrons. The standard InChI is InChI=1S/C9H10ClN5S/c1-15(2)9-13-7(10)12-8(14-9)11-6-3-4-16-5-6/h3-5H,1-2H3,(H,11,12,13,14). The lowest BCUT2D eigenvalue weighted by molar-refractivity contribution is 0.961. The highest BCUT2D eigenvalue weighted by Gasteiger charge is 2.06. The van der Waals surface area contributed by atoms with Crippen LogP contribution in [0.3, 0.4) is 0 Å². The molecule has 1 N–H and O–H groups in total. The molecule has 0 saturated carbocycles. The van der Waals surface area contributed by atoms with Gasteiger partial charge >= 0.3 is 0 Å². The highest BCUT2D eigenvalue weighted by molar-refractivity contribution is 7.08. The van der Waals surface area contributed by atoms with Crippen LogP contribution in [0.2, 0.25) is 5.28 Å². The number of hydrogen-bond acceptors (Lipinski definition) is 6. The van der Waals surface area contributed by atoms with Crippen LogP contribution < -0.4 is 10.2 Å². The van der Waals surface area contributed by atoms with E-state index in [4.69, 9.17) is 11.6 Å². The predicted molar refractivity (Wildman–Crippen MR) is 66.8 cm³/mol. The van der Waals surface area contributed by atoms with Gasteiger partial charge in [0.05, 0.1) is 5.69 Å². The van der Waals surface area contributed by atoms with Crippen LogP contribution in [0.1, 0.15) is 0 Å². The number of nitrogens with one attached hydrogen (secondary N) is 1. The van der Waals surface area contributed by atoms with E-state index in [1.54, 1.807) is 16.2 Å². The van der Waals surface area contributed by atoms with Gasteiger partial charge in [0, 0.05) is 19.5 Å². The van der Waals surface area contributed by atoms with E-state index in [-0.39, 0.29) is 5.28 Å². The third-order valence-corrected chi connectivity index (χ3v) is 2.63. The second kappa shape index (κ2) is 4.63. The monoisotopic (exact) mass is 255 g/mol. The molecule has 84 valence electrons. The quantitative estimate of drug-likeness (QED) is 0.913. The van der Waals surface area contributed by atoms with Crippen molar-refractivity contribution in [2.75, 3.05) is 24.3 Å². The maximum Gasteiger partial charge on any atom is 0.233 e. The minimum atomic E-state index is 0.177. The molecule has 0 spiro atoms. The number of thiophene rings is 1. The first-order valence-electron chi connectivity index (χ1n) is 4.53. The maximum atomic E-state index is 5.81. The Labute approximate surface area is 102 Å². The summed E-state index contributed by atoms with van der Waals surface area (Å²) in [6, 6.07) is 1.94. The first-order chi connectivity index (χ1) is 7.65. The van der Waals surface area contributed by atoms with Crippen LogP contribution in [0.4, 0.5) is 17.6 Å². The molecule has 2 aromatic rings. The van der Waals surface area contributed by atoms with Gasteiger partial charge in [0.15, 0.2) is 0 Å². The van der Waals surface area contributed by atoms with E-state index in [9.17, 15) is 0 Å². The lowest BCUT2D eigenvalue weighted by Gasteiger charge is -2.11. The molecule has 0 aliphatic heterocycles. The van der Waals surface area contributed by atoms with Gasteiger partial charge in [0.1, 0.15) is 0 Å². The molecule has 0 amide bonds. The number of hydrogen-bond donors (Lipinski definition) is 1. The maximum absolute atomic E-state index is 5.81. The molecule has 0 atom stereocenters. The minimum Gasteiger partial charge on any atom is -0.347 e. The lowest BCUT2D eigenvalue weighted by Crippen LogP contribution is -2.14. The van der Waals surface area contributed by atoms with Crippen molar-refractivity contribution in [2.24, 2.45) is 0 Å². The van der Waals surface area contributed by atoms with Crippen LogP contribution in [-0.2, 0) is 0 Å². The second-order valence-electron chi connectivity index (χ2n) is 3.26. The first-order valence-corrected chi connectivity index (χ1v) is 5.85. The van der Waals surface area contributed by atoms with Crippen molar-refractivity contribution < 1.29 is 0 Å². The molecule has 0 aliphatic carbocycles. The third kappa shape index (κ3) is 2.59. The zero-order valence-corrected chi connectivity index (χ0v) is 10.4. The Morgan fingerprint density at radius 3 is 2.75 bits per heavy atom. The molecule has 0 unspecified atom stereocenters. The zero-order valence-electron chi connectivity index (χ0n) is 8.81. The average Bonchev–Trinajstić information content (AvgIpc) is 2.69. The fraction of sp³-hybridized carbons (Fsp3) is 0.222. The molecular formula is C9H10ClN5S. The average molecular weight is 256 g/mol. The molecule has 0 aliphatic rings. The van der Waals surface area contributed by atoms with Gasteiger partial charge in [-0.2, -0.15) is 26.3 Å². The Morgan fingerprint density at radius 2 is 2.12 bits per heavy atom. The van der Waals surface area contributed by atoms with E-state index in [0.29, 0.717) is 11.9 Å². The lowest BCUT2D eigenvalue weighted by atomic mass is 10.5. The SMILES string of the molecule is CN(C)c1nc(Cl)nc(Nc2ccsc2)n1. The molecule has 7 heteroatoms. The molecule has 0 aromatic carbocycles. The summed E-state index contributed by atoms with van der Waals surface area (Å²) in [6.07, 6.45) is 0. The second-order valence-corrected chi connectivity index (χ2v) is 4.38. The van der Waals surface area contributed by atoms with E-state index < -0.39 is 0 Å². The number of aromatic nitrogens is 3. The minimum absolute atomic E-state index is 0.177. The van der Waals surface area contributed by atoms with Gasteiger partial charge in [-0.3, -0.25) is 0 Å². The van der Waals surface area contributed by atoms with Crippen molar-refractivity contribution in [2.45, 2.75) is 0 Å². The van der Waals surface area contributed by atoms with Crippen LogP contribution in [0.5, 0.6) is 0 Å². The molecule has 0 saturated heterocycles. The van der Waals surface area contributed by atoms with Crippen molar-refractivity contribution in [3.63, 3.8) is 0 Å². The summed E-state index contributed by atoms with van der Waals surface area (Å²) in [5.41, 5.74) is 0.942. The Bertz CT molecular complexity index is 471. The van der Waals surface area contributed by atoms with Crippen LogP contribution in [-0.4, -0.2) is 29.0 Å². The van der Waals surface area contributed by atoms with Crippen LogP contribution in [0.25, 0.3) is 0 Å². The highest BCUT2D eigenvalue weighted by Crippen LogP contribution is 2.18. The molecule has 2 heterocycles. The van der Waals surface area contributed by atoms with E-state index in [2.05, 4.69) is 20.3 Å². The fourth-order valence-corrected chi connectivity index (χ4v) is 1.80. The van der Waals surface area contributed by atoms with Gasteiger partial charge in [-0.15, -0.1) is 0 Å². The third-order valence-electron chi connectivity index (χ3n) is 1.77. The number of rotatable bonds is 3. The van der Waals surface area contributed by atoms with Gasteiger partial charge in [-0.1, -0.05) is 0 Å². The molecule has 2 rings (SSSR count). The van der Waals surface area contributed by atoms with Gasteiger partial charge < -0.3 is 10.2 Å². The molecule has 2 aromatic heterocycles. The Hall–Kier alpha value is -1.40. The van der Waals surface area contributed by atoms with E-state index in [1.165, 1.54) is 0 Å². The Balaban J connectivity index is 2.27. The van der Waals surface area contributed by atoms with E-state index in [0.717, 1.165) is 5.69 Å². The number of halogens is 1. The molecule has 5 nitrogen and oxygen atoms in total. The van der Waals surface area contributed by atoms with Crippen LogP contribution >= 0.6 is 22.9 Å². The summed E-state index contributed by atoms with van der Waals surface area (Å²) in [4.78, 5) is 14.0. The largest absolute Gasteiger partial charge is 0.347 e. The Kier molecular flexibility index (Phi) is 3.21.